The highest BCUT2D eigenvalue weighted by Crippen LogP contribution is 2.29. The smallest absolute Gasteiger partial charge is 0.264 e. The Morgan fingerprint density at radius 3 is 2.16 bits per heavy atom. The van der Waals surface area contributed by atoms with E-state index in [0.29, 0.717) is 22.2 Å². The summed E-state index contributed by atoms with van der Waals surface area (Å²) in [4.78, 5) is 29.4. The maximum absolute atomic E-state index is 14.4. The van der Waals surface area contributed by atoms with E-state index in [1.807, 2.05) is 50.2 Å². The number of amides is 2. The van der Waals surface area contributed by atoms with E-state index in [9.17, 15) is 18.0 Å². The zero-order chi connectivity index (χ0) is 31.9. The van der Waals surface area contributed by atoms with Gasteiger partial charge in [-0.25, -0.2) is 8.42 Å². The average molecular weight is 653 g/mol. The number of halogens is 2. The highest BCUT2D eigenvalue weighted by molar-refractivity contribution is 7.92. The molecule has 44 heavy (non-hydrogen) atoms. The van der Waals surface area contributed by atoms with Crippen LogP contribution < -0.4 is 9.62 Å². The minimum atomic E-state index is -4.22. The van der Waals surface area contributed by atoms with E-state index >= 15 is 0 Å². The van der Waals surface area contributed by atoms with Crippen LogP contribution in [0, 0.1) is 13.8 Å². The Kier molecular flexibility index (Phi) is 11.1. The van der Waals surface area contributed by atoms with E-state index in [2.05, 4.69) is 5.32 Å². The molecule has 0 aromatic heterocycles. The minimum absolute atomic E-state index is 0.0264. The number of benzene rings is 4. The van der Waals surface area contributed by atoms with Gasteiger partial charge in [-0.05, 0) is 73.9 Å². The monoisotopic (exact) mass is 651 g/mol. The van der Waals surface area contributed by atoms with Gasteiger partial charge in [0.1, 0.15) is 12.6 Å². The second-order valence-electron chi connectivity index (χ2n) is 10.5. The van der Waals surface area contributed by atoms with E-state index in [4.69, 9.17) is 23.2 Å². The molecule has 0 heterocycles. The van der Waals surface area contributed by atoms with Gasteiger partial charge in [0.15, 0.2) is 0 Å². The maximum atomic E-state index is 14.4. The Morgan fingerprint density at radius 1 is 0.841 bits per heavy atom. The average Bonchev–Trinajstić information content (AvgIpc) is 3.00. The van der Waals surface area contributed by atoms with Crippen molar-refractivity contribution >= 4 is 50.7 Å². The number of hydrogen-bond donors (Lipinski definition) is 1. The lowest BCUT2D eigenvalue weighted by molar-refractivity contribution is -0.140. The number of nitrogens with one attached hydrogen (secondary N) is 1. The fourth-order valence-corrected chi connectivity index (χ4v) is 6.57. The van der Waals surface area contributed by atoms with Gasteiger partial charge in [0.25, 0.3) is 10.0 Å². The second-order valence-corrected chi connectivity index (χ2v) is 13.2. The molecule has 0 fully saturated rings. The van der Waals surface area contributed by atoms with E-state index in [-0.39, 0.29) is 29.5 Å². The lowest BCUT2D eigenvalue weighted by atomic mass is 10.0. The second kappa shape index (κ2) is 14.8. The van der Waals surface area contributed by atoms with Crippen molar-refractivity contribution in [3.8, 4) is 0 Å². The third-order valence-electron chi connectivity index (χ3n) is 7.20. The standard InChI is InChI=1S/C34H35Cl2N3O4S/c1-4-37-34(41)32(20-26-9-6-5-7-10-26)38(22-27-11-8-12-28(35)19-27)33(40)23-39(29-16-15-25(3)31(36)21-29)44(42,43)30-17-13-24(2)14-18-30/h5-19,21,32H,4,20,22-23H2,1-3H3,(H,37,41)/t32-/m0/s1. The number of likely N-dealkylation sites (N-methyl/N-ethyl adjacent to an activating group) is 1. The fourth-order valence-electron chi connectivity index (χ4n) is 4.78. The normalized spacial score (nSPS) is 11.9. The first-order valence-corrected chi connectivity index (χ1v) is 16.4. The molecular weight excluding hydrogens is 617 g/mol. The van der Waals surface area contributed by atoms with Crippen LogP contribution in [0.4, 0.5) is 5.69 Å². The molecule has 1 atom stereocenters. The molecule has 0 aliphatic heterocycles. The first kappa shape index (κ1) is 33.1. The van der Waals surface area contributed by atoms with Gasteiger partial charge in [0.2, 0.25) is 11.8 Å². The summed E-state index contributed by atoms with van der Waals surface area (Å²) >= 11 is 12.7. The molecule has 7 nitrogen and oxygen atoms in total. The molecule has 0 saturated carbocycles. The van der Waals surface area contributed by atoms with Crippen LogP contribution in [0.1, 0.15) is 29.2 Å². The molecule has 0 saturated heterocycles. The zero-order valence-electron chi connectivity index (χ0n) is 24.8. The molecular formula is C34H35Cl2N3O4S. The lowest BCUT2D eigenvalue weighted by Crippen LogP contribution is -2.53. The highest BCUT2D eigenvalue weighted by Gasteiger charge is 2.34. The van der Waals surface area contributed by atoms with Crippen LogP contribution in [0.25, 0.3) is 0 Å². The predicted molar refractivity (Wildman–Crippen MR) is 177 cm³/mol. The Morgan fingerprint density at radius 2 is 1.52 bits per heavy atom. The molecule has 4 aromatic carbocycles. The quantitative estimate of drug-likeness (QED) is 0.187. The third-order valence-corrected chi connectivity index (χ3v) is 9.63. The van der Waals surface area contributed by atoms with Gasteiger partial charge >= 0.3 is 0 Å². The number of sulfonamides is 1. The molecule has 230 valence electrons. The van der Waals surface area contributed by atoms with Gasteiger partial charge in [-0.15, -0.1) is 0 Å². The SMILES string of the molecule is CCNC(=O)[C@H](Cc1ccccc1)N(Cc1cccc(Cl)c1)C(=O)CN(c1ccc(C)c(Cl)c1)S(=O)(=O)c1ccc(C)cc1. The van der Waals surface area contributed by atoms with Gasteiger partial charge in [-0.2, -0.15) is 0 Å². The van der Waals surface area contributed by atoms with Crippen molar-refractivity contribution in [3.05, 3.63) is 129 Å². The first-order valence-electron chi connectivity index (χ1n) is 14.2. The minimum Gasteiger partial charge on any atom is -0.355 e. The Labute approximate surface area is 269 Å². The molecule has 0 bridgehead atoms. The summed E-state index contributed by atoms with van der Waals surface area (Å²) in [6, 6.07) is 26.7. The maximum Gasteiger partial charge on any atom is 0.264 e. The zero-order valence-corrected chi connectivity index (χ0v) is 27.2. The largest absolute Gasteiger partial charge is 0.355 e. The van der Waals surface area contributed by atoms with Gasteiger partial charge in [-0.1, -0.05) is 89.4 Å². The summed E-state index contributed by atoms with van der Waals surface area (Å²) in [6.45, 7) is 5.29. The number of aryl methyl sites for hydroxylation is 2. The summed E-state index contributed by atoms with van der Waals surface area (Å²) in [7, 11) is -4.22. The topological polar surface area (TPSA) is 86.8 Å². The highest BCUT2D eigenvalue weighted by atomic mass is 35.5. The Hall–Kier alpha value is -3.85. The van der Waals surface area contributed by atoms with Gasteiger partial charge in [0.05, 0.1) is 10.6 Å². The molecule has 0 aliphatic carbocycles. The summed E-state index contributed by atoms with van der Waals surface area (Å²) in [6.07, 6.45) is 0.222. The van der Waals surface area contributed by atoms with Gasteiger partial charge < -0.3 is 10.2 Å². The number of rotatable bonds is 12. The molecule has 4 rings (SSSR count). The van der Waals surface area contributed by atoms with Crippen LogP contribution in [0.2, 0.25) is 10.0 Å². The summed E-state index contributed by atoms with van der Waals surface area (Å²) in [5, 5.41) is 3.69. The van der Waals surface area contributed by atoms with Crippen molar-refractivity contribution in [1.82, 2.24) is 10.2 Å². The van der Waals surface area contributed by atoms with Crippen molar-refractivity contribution < 1.29 is 18.0 Å². The first-order chi connectivity index (χ1) is 21.0. The van der Waals surface area contributed by atoms with E-state index in [1.165, 1.54) is 23.1 Å². The Balaban J connectivity index is 1.81. The fraction of sp³-hybridized carbons (Fsp3) is 0.235. The van der Waals surface area contributed by atoms with Gasteiger partial charge in [-0.3, -0.25) is 13.9 Å². The number of carbonyl (C=O) groups excluding carboxylic acids is 2. The van der Waals surface area contributed by atoms with E-state index < -0.39 is 28.5 Å². The molecule has 2 amide bonds. The summed E-state index contributed by atoms with van der Waals surface area (Å²) in [5.41, 5.74) is 3.43. The van der Waals surface area contributed by atoms with Crippen LogP contribution >= 0.6 is 23.2 Å². The van der Waals surface area contributed by atoms with Crippen molar-refractivity contribution in [3.63, 3.8) is 0 Å². The van der Waals surface area contributed by atoms with E-state index in [0.717, 1.165) is 21.0 Å². The van der Waals surface area contributed by atoms with E-state index in [1.54, 1.807) is 49.4 Å². The van der Waals surface area contributed by atoms with Crippen LogP contribution in [-0.4, -0.2) is 44.3 Å². The van der Waals surface area contributed by atoms with Crippen molar-refractivity contribution in [2.45, 2.75) is 44.7 Å². The molecule has 0 aliphatic rings. The molecule has 0 unspecified atom stereocenters. The molecule has 4 aromatic rings. The number of nitrogens with zero attached hydrogens (tertiary/aromatic N) is 2. The molecule has 0 radical (unpaired) electrons. The lowest BCUT2D eigenvalue weighted by Gasteiger charge is -2.34. The number of carbonyl (C=O) groups is 2. The van der Waals surface area contributed by atoms with Gasteiger partial charge in [0, 0.05) is 29.6 Å². The van der Waals surface area contributed by atoms with Crippen LogP contribution in [-0.2, 0) is 32.6 Å². The van der Waals surface area contributed by atoms with Crippen molar-refractivity contribution in [2.75, 3.05) is 17.4 Å². The molecule has 10 heteroatoms. The third kappa shape index (κ3) is 8.20. The van der Waals surface area contributed by atoms with Crippen LogP contribution in [0.3, 0.4) is 0 Å². The van der Waals surface area contributed by atoms with Crippen LogP contribution in [0.5, 0.6) is 0 Å². The molecule has 0 spiro atoms. The summed E-state index contributed by atoms with van der Waals surface area (Å²) in [5.74, 6) is -0.914. The Bertz CT molecular complexity index is 1710. The van der Waals surface area contributed by atoms with Crippen molar-refractivity contribution in [1.29, 1.82) is 0 Å². The number of anilines is 1. The predicted octanol–water partition coefficient (Wildman–Crippen LogP) is 6.58. The van der Waals surface area contributed by atoms with Crippen LogP contribution in [0.15, 0.2) is 102 Å². The molecule has 1 N–H and O–H groups in total. The summed E-state index contributed by atoms with van der Waals surface area (Å²) < 4.78 is 29.3. The number of hydrogen-bond acceptors (Lipinski definition) is 4. The van der Waals surface area contributed by atoms with Crippen molar-refractivity contribution in [2.24, 2.45) is 0 Å².